The van der Waals surface area contributed by atoms with Crippen LogP contribution in [0, 0.1) is 6.92 Å². The SMILES string of the molecule is COc1cccc(Oc2ccc(Cl)cc2C)c1[C@H](C)N. The summed E-state index contributed by atoms with van der Waals surface area (Å²) in [4.78, 5) is 0. The van der Waals surface area contributed by atoms with E-state index in [1.165, 1.54) is 0 Å². The van der Waals surface area contributed by atoms with Gasteiger partial charge < -0.3 is 15.2 Å². The summed E-state index contributed by atoms with van der Waals surface area (Å²) in [5.41, 5.74) is 7.85. The van der Waals surface area contributed by atoms with Crippen molar-refractivity contribution in [3.8, 4) is 17.2 Å². The van der Waals surface area contributed by atoms with Crippen LogP contribution in [-0.4, -0.2) is 7.11 Å². The molecule has 20 heavy (non-hydrogen) atoms. The predicted molar refractivity (Wildman–Crippen MR) is 81.9 cm³/mol. The van der Waals surface area contributed by atoms with Gasteiger partial charge in [-0.3, -0.25) is 0 Å². The van der Waals surface area contributed by atoms with Gasteiger partial charge in [-0.15, -0.1) is 0 Å². The van der Waals surface area contributed by atoms with Gasteiger partial charge in [0.25, 0.3) is 0 Å². The third kappa shape index (κ3) is 3.06. The van der Waals surface area contributed by atoms with E-state index in [2.05, 4.69) is 0 Å². The third-order valence-corrected chi connectivity index (χ3v) is 3.29. The molecule has 2 aromatic rings. The molecule has 0 saturated heterocycles. The number of nitrogens with two attached hydrogens (primary N) is 1. The van der Waals surface area contributed by atoms with Crippen LogP contribution in [-0.2, 0) is 0 Å². The summed E-state index contributed by atoms with van der Waals surface area (Å²) in [6.07, 6.45) is 0. The Morgan fingerprint density at radius 3 is 2.40 bits per heavy atom. The van der Waals surface area contributed by atoms with Crippen molar-refractivity contribution in [1.82, 2.24) is 0 Å². The van der Waals surface area contributed by atoms with Crippen LogP contribution in [0.2, 0.25) is 5.02 Å². The minimum atomic E-state index is -0.186. The lowest BCUT2D eigenvalue weighted by Crippen LogP contribution is -2.08. The first-order valence-electron chi connectivity index (χ1n) is 6.39. The fraction of sp³-hybridized carbons (Fsp3) is 0.250. The molecule has 106 valence electrons. The highest BCUT2D eigenvalue weighted by Crippen LogP contribution is 2.36. The monoisotopic (exact) mass is 291 g/mol. The zero-order chi connectivity index (χ0) is 14.7. The van der Waals surface area contributed by atoms with E-state index in [1.54, 1.807) is 13.2 Å². The topological polar surface area (TPSA) is 44.5 Å². The second-order valence-corrected chi connectivity index (χ2v) is 5.11. The Labute approximate surface area is 124 Å². The van der Waals surface area contributed by atoms with E-state index in [-0.39, 0.29) is 6.04 Å². The van der Waals surface area contributed by atoms with Crippen LogP contribution in [0.4, 0.5) is 0 Å². The fourth-order valence-electron chi connectivity index (χ4n) is 2.09. The molecule has 0 bridgehead atoms. The molecule has 0 amide bonds. The van der Waals surface area contributed by atoms with E-state index in [9.17, 15) is 0 Å². The zero-order valence-electron chi connectivity index (χ0n) is 11.8. The zero-order valence-corrected chi connectivity index (χ0v) is 12.6. The highest BCUT2D eigenvalue weighted by molar-refractivity contribution is 6.30. The number of methoxy groups -OCH3 is 1. The minimum Gasteiger partial charge on any atom is -0.496 e. The Balaban J connectivity index is 2.43. The van der Waals surface area contributed by atoms with Gasteiger partial charge >= 0.3 is 0 Å². The molecule has 0 fully saturated rings. The normalized spacial score (nSPS) is 12.1. The molecule has 0 radical (unpaired) electrons. The number of benzene rings is 2. The summed E-state index contributed by atoms with van der Waals surface area (Å²) in [6, 6.07) is 11.0. The van der Waals surface area contributed by atoms with Gasteiger partial charge in [-0.2, -0.15) is 0 Å². The van der Waals surface area contributed by atoms with E-state index >= 15 is 0 Å². The van der Waals surface area contributed by atoms with Gasteiger partial charge in [-0.1, -0.05) is 17.7 Å². The van der Waals surface area contributed by atoms with Gasteiger partial charge in [0.2, 0.25) is 0 Å². The van der Waals surface area contributed by atoms with Crippen LogP contribution < -0.4 is 15.2 Å². The third-order valence-electron chi connectivity index (χ3n) is 3.06. The highest BCUT2D eigenvalue weighted by Gasteiger charge is 2.15. The van der Waals surface area contributed by atoms with Crippen molar-refractivity contribution in [2.75, 3.05) is 7.11 Å². The van der Waals surface area contributed by atoms with E-state index in [0.717, 1.165) is 22.6 Å². The van der Waals surface area contributed by atoms with Crippen LogP contribution in [0.25, 0.3) is 0 Å². The maximum Gasteiger partial charge on any atom is 0.135 e. The summed E-state index contributed by atoms with van der Waals surface area (Å²) in [5.74, 6) is 2.18. The Morgan fingerprint density at radius 2 is 1.80 bits per heavy atom. The molecule has 0 aliphatic rings. The predicted octanol–water partition coefficient (Wildman–Crippen LogP) is 4.47. The average Bonchev–Trinajstić information content (AvgIpc) is 2.41. The molecule has 1 atom stereocenters. The van der Waals surface area contributed by atoms with Crippen LogP contribution in [0.5, 0.6) is 17.2 Å². The molecule has 0 aromatic heterocycles. The molecule has 2 N–H and O–H groups in total. The van der Waals surface area contributed by atoms with Crippen LogP contribution in [0.15, 0.2) is 36.4 Å². The quantitative estimate of drug-likeness (QED) is 0.904. The van der Waals surface area contributed by atoms with E-state index < -0.39 is 0 Å². The minimum absolute atomic E-state index is 0.186. The van der Waals surface area contributed by atoms with Crippen LogP contribution >= 0.6 is 11.6 Å². The van der Waals surface area contributed by atoms with E-state index in [1.807, 2.05) is 44.2 Å². The Bertz CT molecular complexity index is 611. The van der Waals surface area contributed by atoms with E-state index in [0.29, 0.717) is 10.8 Å². The molecule has 0 unspecified atom stereocenters. The highest BCUT2D eigenvalue weighted by atomic mass is 35.5. The molecular formula is C16H18ClNO2. The molecule has 0 spiro atoms. The Kier molecular flexibility index (Phi) is 4.53. The fourth-order valence-corrected chi connectivity index (χ4v) is 2.31. The van der Waals surface area contributed by atoms with Gasteiger partial charge in [0.1, 0.15) is 17.2 Å². The van der Waals surface area contributed by atoms with Gasteiger partial charge in [-0.05, 0) is 49.7 Å². The van der Waals surface area contributed by atoms with Crippen molar-refractivity contribution in [2.24, 2.45) is 5.73 Å². The maximum absolute atomic E-state index is 6.03. The van der Waals surface area contributed by atoms with Crippen molar-refractivity contribution in [3.63, 3.8) is 0 Å². The molecule has 2 rings (SSSR count). The van der Waals surface area contributed by atoms with Crippen molar-refractivity contribution < 1.29 is 9.47 Å². The van der Waals surface area contributed by atoms with Gasteiger partial charge in [-0.25, -0.2) is 0 Å². The lowest BCUT2D eigenvalue weighted by molar-refractivity contribution is 0.397. The average molecular weight is 292 g/mol. The lowest BCUT2D eigenvalue weighted by Gasteiger charge is -2.18. The number of aryl methyl sites for hydroxylation is 1. The van der Waals surface area contributed by atoms with Gasteiger partial charge in [0.05, 0.1) is 12.7 Å². The second kappa shape index (κ2) is 6.16. The van der Waals surface area contributed by atoms with E-state index in [4.69, 9.17) is 26.8 Å². The first-order valence-corrected chi connectivity index (χ1v) is 6.77. The number of ether oxygens (including phenoxy) is 2. The standard InChI is InChI=1S/C16H18ClNO2/c1-10-9-12(17)7-8-13(10)20-15-6-4-5-14(19-3)16(15)11(2)18/h4-9,11H,18H2,1-3H3/t11-/m0/s1. The molecule has 0 aliphatic carbocycles. The summed E-state index contributed by atoms with van der Waals surface area (Å²) in [6.45, 7) is 3.85. The Morgan fingerprint density at radius 1 is 1.10 bits per heavy atom. The summed E-state index contributed by atoms with van der Waals surface area (Å²) in [7, 11) is 1.62. The van der Waals surface area contributed by atoms with Crippen molar-refractivity contribution in [3.05, 3.63) is 52.5 Å². The molecule has 2 aromatic carbocycles. The molecule has 0 heterocycles. The summed E-state index contributed by atoms with van der Waals surface area (Å²) in [5, 5.41) is 0.688. The number of rotatable bonds is 4. The van der Waals surface area contributed by atoms with Crippen molar-refractivity contribution in [1.29, 1.82) is 0 Å². The molecule has 4 heteroatoms. The molecular weight excluding hydrogens is 274 g/mol. The molecule has 0 aliphatic heterocycles. The van der Waals surface area contributed by atoms with Crippen molar-refractivity contribution >= 4 is 11.6 Å². The van der Waals surface area contributed by atoms with Crippen LogP contribution in [0.3, 0.4) is 0 Å². The smallest absolute Gasteiger partial charge is 0.135 e. The molecule has 3 nitrogen and oxygen atoms in total. The second-order valence-electron chi connectivity index (χ2n) is 4.67. The molecule has 0 saturated carbocycles. The largest absolute Gasteiger partial charge is 0.496 e. The summed E-state index contributed by atoms with van der Waals surface area (Å²) >= 11 is 5.95. The number of hydrogen-bond acceptors (Lipinski definition) is 3. The maximum atomic E-state index is 6.03. The van der Waals surface area contributed by atoms with Gasteiger partial charge in [0.15, 0.2) is 0 Å². The first kappa shape index (κ1) is 14.7. The Hall–Kier alpha value is -1.71. The van der Waals surface area contributed by atoms with Crippen molar-refractivity contribution in [2.45, 2.75) is 19.9 Å². The van der Waals surface area contributed by atoms with Gasteiger partial charge in [0, 0.05) is 11.1 Å². The van der Waals surface area contributed by atoms with Crippen LogP contribution in [0.1, 0.15) is 24.1 Å². The number of halogens is 1. The number of hydrogen-bond donors (Lipinski definition) is 1. The lowest BCUT2D eigenvalue weighted by atomic mass is 10.1. The summed E-state index contributed by atoms with van der Waals surface area (Å²) < 4.78 is 11.3. The first-order chi connectivity index (χ1) is 9.52.